The second-order valence-electron chi connectivity index (χ2n) is 6.21. The van der Waals surface area contributed by atoms with E-state index in [0.717, 1.165) is 38.4 Å². The van der Waals surface area contributed by atoms with Crippen LogP contribution in [-0.2, 0) is 4.74 Å². The lowest BCUT2D eigenvalue weighted by molar-refractivity contribution is 0.0400. The molecule has 3 atom stereocenters. The predicted molar refractivity (Wildman–Crippen MR) is 81.3 cm³/mol. The number of rotatable bonds is 6. The maximum atomic E-state index is 12.9. The normalized spacial score (nSPS) is 22.2. The number of nitrogens with two attached hydrogens (primary N) is 1. The highest BCUT2D eigenvalue weighted by Crippen LogP contribution is 2.20. The topological polar surface area (TPSA) is 51.4 Å². The van der Waals surface area contributed by atoms with Gasteiger partial charge < -0.3 is 15.4 Å². The summed E-state index contributed by atoms with van der Waals surface area (Å²) in [6.07, 6.45) is 3.63. The summed E-state index contributed by atoms with van der Waals surface area (Å²) >= 11 is 0. The highest BCUT2D eigenvalue weighted by Gasteiger charge is 2.21. The van der Waals surface area contributed by atoms with Crippen molar-refractivity contribution in [1.29, 1.82) is 0 Å². The van der Waals surface area contributed by atoms with Crippen LogP contribution in [0.5, 0.6) is 0 Å². The Bertz CT molecular complexity index is 420. The molecule has 0 amide bonds. The number of hydrogen-bond donors (Lipinski definition) is 1. The summed E-state index contributed by atoms with van der Waals surface area (Å²) in [6.45, 7) is 5.82. The van der Waals surface area contributed by atoms with E-state index in [1.807, 2.05) is 0 Å². The largest absolute Gasteiger partial charge is 0.381 e. The molecule has 0 aliphatic carbocycles. The van der Waals surface area contributed by atoms with Crippen molar-refractivity contribution in [1.82, 2.24) is 9.88 Å². The molecule has 21 heavy (non-hydrogen) atoms. The van der Waals surface area contributed by atoms with Gasteiger partial charge in [0.05, 0.1) is 24.5 Å². The first-order chi connectivity index (χ1) is 10.1. The summed E-state index contributed by atoms with van der Waals surface area (Å²) in [5, 5.41) is 0. The molecule has 1 aliphatic rings. The third-order valence-corrected chi connectivity index (χ3v) is 4.13. The Morgan fingerprint density at radius 2 is 2.33 bits per heavy atom. The fraction of sp³-hybridized carbons (Fsp3) is 0.688. The van der Waals surface area contributed by atoms with Crippen molar-refractivity contribution in [2.45, 2.75) is 25.8 Å². The average Bonchev–Trinajstić information content (AvgIpc) is 2.48. The molecular weight excluding hydrogens is 269 g/mol. The summed E-state index contributed by atoms with van der Waals surface area (Å²) in [5.74, 6) is 0.557. The third-order valence-electron chi connectivity index (χ3n) is 4.13. The monoisotopic (exact) mass is 295 g/mol. The molecule has 118 valence electrons. The maximum Gasteiger partial charge on any atom is 0.141 e. The van der Waals surface area contributed by atoms with Crippen molar-refractivity contribution in [3.8, 4) is 0 Å². The molecule has 2 heterocycles. The average molecular weight is 295 g/mol. The van der Waals surface area contributed by atoms with Gasteiger partial charge in [-0.15, -0.1) is 0 Å². The van der Waals surface area contributed by atoms with Crippen LogP contribution in [0.3, 0.4) is 0 Å². The van der Waals surface area contributed by atoms with E-state index >= 15 is 0 Å². The van der Waals surface area contributed by atoms with E-state index in [9.17, 15) is 4.39 Å². The number of nitrogens with zero attached hydrogens (tertiary/aromatic N) is 2. The number of aromatic nitrogens is 1. The third kappa shape index (κ3) is 5.02. The fourth-order valence-electron chi connectivity index (χ4n) is 2.95. The Balaban J connectivity index is 1.81. The molecule has 0 radical (unpaired) electrons. The van der Waals surface area contributed by atoms with Crippen LogP contribution in [0.4, 0.5) is 4.39 Å². The van der Waals surface area contributed by atoms with Gasteiger partial charge >= 0.3 is 0 Å². The lowest BCUT2D eigenvalue weighted by atomic mass is 9.97. The van der Waals surface area contributed by atoms with E-state index in [1.165, 1.54) is 18.7 Å². The number of halogens is 1. The summed E-state index contributed by atoms with van der Waals surface area (Å²) in [6, 6.07) is 2.92. The standard InChI is InChI=1S/C16H26FN3O/c1-12(16(18)15-6-5-14(17)8-19-15)9-20(2)10-13-4-3-7-21-11-13/h5-6,8,12-13,16H,3-4,7,9-11,18H2,1-2H3. The summed E-state index contributed by atoms with van der Waals surface area (Å²) < 4.78 is 18.4. The summed E-state index contributed by atoms with van der Waals surface area (Å²) in [4.78, 5) is 6.40. The highest BCUT2D eigenvalue weighted by molar-refractivity contribution is 5.10. The van der Waals surface area contributed by atoms with E-state index in [0.29, 0.717) is 5.92 Å². The van der Waals surface area contributed by atoms with Gasteiger partial charge in [0.2, 0.25) is 0 Å². The van der Waals surface area contributed by atoms with Crippen LogP contribution in [0.2, 0.25) is 0 Å². The van der Waals surface area contributed by atoms with Crippen LogP contribution in [0.25, 0.3) is 0 Å². The smallest absolute Gasteiger partial charge is 0.141 e. The Hall–Kier alpha value is -1.04. The van der Waals surface area contributed by atoms with Crippen molar-refractivity contribution >= 4 is 0 Å². The molecule has 5 heteroatoms. The van der Waals surface area contributed by atoms with Gasteiger partial charge in [-0.05, 0) is 43.9 Å². The highest BCUT2D eigenvalue weighted by atomic mass is 19.1. The number of pyridine rings is 1. The van der Waals surface area contributed by atoms with Gasteiger partial charge in [0.25, 0.3) is 0 Å². The quantitative estimate of drug-likeness (QED) is 0.874. The minimum atomic E-state index is -0.326. The fourth-order valence-corrected chi connectivity index (χ4v) is 2.95. The first-order valence-electron chi connectivity index (χ1n) is 7.69. The van der Waals surface area contributed by atoms with Crippen molar-refractivity contribution in [2.75, 3.05) is 33.4 Å². The molecule has 0 bridgehead atoms. The zero-order valence-electron chi connectivity index (χ0n) is 13.0. The molecule has 0 aromatic carbocycles. The SMILES string of the molecule is CC(CN(C)CC1CCCOC1)C(N)c1ccc(F)cn1. The van der Waals surface area contributed by atoms with Crippen LogP contribution in [0.1, 0.15) is 31.5 Å². The second-order valence-corrected chi connectivity index (χ2v) is 6.21. The van der Waals surface area contributed by atoms with Crippen LogP contribution in [0.15, 0.2) is 18.3 Å². The van der Waals surface area contributed by atoms with Crippen molar-refractivity contribution in [3.63, 3.8) is 0 Å². The first kappa shape index (κ1) is 16.3. The Morgan fingerprint density at radius 3 is 2.95 bits per heavy atom. The molecule has 2 N–H and O–H groups in total. The zero-order chi connectivity index (χ0) is 15.2. The van der Waals surface area contributed by atoms with E-state index in [4.69, 9.17) is 10.5 Å². The maximum absolute atomic E-state index is 12.9. The zero-order valence-corrected chi connectivity index (χ0v) is 13.0. The van der Waals surface area contributed by atoms with Gasteiger partial charge in [-0.25, -0.2) is 4.39 Å². The van der Waals surface area contributed by atoms with Gasteiger partial charge in [-0.2, -0.15) is 0 Å². The molecule has 0 saturated carbocycles. The van der Waals surface area contributed by atoms with Crippen molar-refractivity contribution < 1.29 is 9.13 Å². The Kier molecular flexibility index (Phi) is 6.08. The lowest BCUT2D eigenvalue weighted by Crippen LogP contribution is -2.36. The van der Waals surface area contributed by atoms with Gasteiger partial charge in [-0.3, -0.25) is 4.98 Å². The van der Waals surface area contributed by atoms with Crippen LogP contribution < -0.4 is 5.73 Å². The Labute approximate surface area is 126 Å². The number of ether oxygens (including phenoxy) is 1. The minimum Gasteiger partial charge on any atom is -0.381 e. The predicted octanol–water partition coefficient (Wildman–Crippen LogP) is 2.21. The molecular formula is C16H26FN3O. The molecule has 1 aliphatic heterocycles. The van der Waals surface area contributed by atoms with E-state index in [-0.39, 0.29) is 17.8 Å². The Morgan fingerprint density at radius 1 is 1.52 bits per heavy atom. The first-order valence-corrected chi connectivity index (χ1v) is 7.69. The lowest BCUT2D eigenvalue weighted by Gasteiger charge is -2.30. The van der Waals surface area contributed by atoms with Crippen LogP contribution in [-0.4, -0.2) is 43.2 Å². The van der Waals surface area contributed by atoms with Crippen molar-refractivity contribution in [3.05, 3.63) is 29.8 Å². The van der Waals surface area contributed by atoms with Crippen LogP contribution in [0, 0.1) is 17.7 Å². The second kappa shape index (κ2) is 7.82. The summed E-state index contributed by atoms with van der Waals surface area (Å²) in [7, 11) is 2.12. The van der Waals surface area contributed by atoms with E-state index < -0.39 is 0 Å². The molecule has 0 spiro atoms. The minimum absolute atomic E-state index is 0.171. The molecule has 1 saturated heterocycles. The number of hydrogen-bond acceptors (Lipinski definition) is 4. The molecule has 2 rings (SSSR count). The molecule has 1 aromatic heterocycles. The molecule has 3 unspecified atom stereocenters. The van der Waals surface area contributed by atoms with Gasteiger partial charge in [0.1, 0.15) is 5.82 Å². The van der Waals surface area contributed by atoms with Gasteiger partial charge in [-0.1, -0.05) is 6.92 Å². The van der Waals surface area contributed by atoms with Crippen LogP contribution >= 0.6 is 0 Å². The van der Waals surface area contributed by atoms with E-state index in [2.05, 4.69) is 23.9 Å². The molecule has 4 nitrogen and oxygen atoms in total. The molecule has 1 aromatic rings. The van der Waals surface area contributed by atoms with Crippen molar-refractivity contribution in [2.24, 2.45) is 17.6 Å². The molecule has 1 fully saturated rings. The van der Waals surface area contributed by atoms with E-state index in [1.54, 1.807) is 6.07 Å². The summed E-state index contributed by atoms with van der Waals surface area (Å²) in [5.41, 5.74) is 6.98. The van der Waals surface area contributed by atoms with Gasteiger partial charge in [0, 0.05) is 19.7 Å². The van der Waals surface area contributed by atoms with Gasteiger partial charge in [0.15, 0.2) is 0 Å².